The van der Waals surface area contributed by atoms with Gasteiger partial charge in [0.1, 0.15) is 11.8 Å². The van der Waals surface area contributed by atoms with Crippen LogP contribution >= 0.6 is 19.3 Å². The summed E-state index contributed by atoms with van der Waals surface area (Å²) in [6, 6.07) is 11.9. The third kappa shape index (κ3) is 11.0. The van der Waals surface area contributed by atoms with Crippen molar-refractivity contribution < 1.29 is 28.1 Å². The van der Waals surface area contributed by atoms with Gasteiger partial charge in [-0.1, -0.05) is 18.5 Å². The van der Waals surface area contributed by atoms with Crippen LogP contribution in [0.3, 0.4) is 0 Å². The molecule has 44 heavy (non-hydrogen) atoms. The molecule has 1 heterocycles. The van der Waals surface area contributed by atoms with Crippen molar-refractivity contribution in [3.05, 3.63) is 69.9 Å². The molecule has 0 aliphatic carbocycles. The third-order valence-corrected chi connectivity index (χ3v) is 8.58. The second-order valence-corrected chi connectivity index (χ2v) is 12.8. The number of nitro groups is 1. The summed E-state index contributed by atoms with van der Waals surface area (Å²) in [6.45, 7) is 11.1. The Balaban J connectivity index is 1.55. The zero-order valence-corrected chi connectivity index (χ0v) is 27.3. The van der Waals surface area contributed by atoms with Gasteiger partial charge in [0, 0.05) is 47.0 Å². The largest absolute Gasteiger partial charge is 0.462 e. The van der Waals surface area contributed by atoms with Crippen LogP contribution in [-0.2, 0) is 18.6 Å². The lowest BCUT2D eigenvalue weighted by molar-refractivity contribution is -0.384. The van der Waals surface area contributed by atoms with Gasteiger partial charge >= 0.3 is 13.7 Å². The molecule has 0 saturated carbocycles. The molecule has 3 aromatic rings. The number of aromatic nitrogens is 1. The van der Waals surface area contributed by atoms with Crippen LogP contribution in [-0.4, -0.2) is 65.2 Å². The van der Waals surface area contributed by atoms with Gasteiger partial charge in [0.15, 0.2) is 0 Å². The molecule has 0 aliphatic rings. The normalized spacial score (nSPS) is 14.3. The fraction of sp³-hybridized carbons (Fsp3) is 0.467. The maximum Gasteiger partial charge on any atom is 0.459 e. The molecule has 0 bridgehead atoms. The van der Waals surface area contributed by atoms with Crippen molar-refractivity contribution >= 4 is 47.6 Å². The van der Waals surface area contributed by atoms with Gasteiger partial charge in [0.2, 0.25) is 0 Å². The fourth-order valence-electron chi connectivity index (χ4n) is 4.41. The highest BCUT2D eigenvalue weighted by atomic mass is 35.5. The summed E-state index contributed by atoms with van der Waals surface area (Å²) in [5.41, 5.74) is 1.70. The number of benzene rings is 2. The van der Waals surface area contributed by atoms with Crippen molar-refractivity contribution in [3.63, 3.8) is 0 Å². The lowest BCUT2D eigenvalue weighted by atomic mass is 10.1. The number of nitro benzene ring substituents is 1. The Morgan fingerprint density at radius 2 is 1.84 bits per heavy atom. The van der Waals surface area contributed by atoms with E-state index in [1.165, 1.54) is 31.2 Å². The minimum atomic E-state index is -4.07. The molecular formula is C30H41ClN5O7P. The first-order valence-electron chi connectivity index (χ1n) is 14.6. The van der Waals surface area contributed by atoms with E-state index in [0.29, 0.717) is 11.6 Å². The number of anilines is 1. The molecule has 12 nitrogen and oxygen atoms in total. The predicted molar refractivity (Wildman–Crippen MR) is 172 cm³/mol. The van der Waals surface area contributed by atoms with E-state index in [9.17, 15) is 19.5 Å². The molecule has 0 saturated heterocycles. The molecule has 0 fully saturated rings. The van der Waals surface area contributed by atoms with E-state index in [-0.39, 0.29) is 30.2 Å². The molecular weight excluding hydrogens is 609 g/mol. The molecule has 0 aliphatic heterocycles. The van der Waals surface area contributed by atoms with E-state index in [4.69, 9.17) is 25.4 Å². The molecule has 3 atom stereocenters. The highest BCUT2D eigenvalue weighted by Gasteiger charge is 2.32. The lowest BCUT2D eigenvalue weighted by Gasteiger charge is -2.25. The predicted octanol–water partition coefficient (Wildman–Crippen LogP) is 6.83. The lowest BCUT2D eigenvalue weighted by Crippen LogP contribution is -2.37. The summed E-state index contributed by atoms with van der Waals surface area (Å²) < 4.78 is 30.3. The summed E-state index contributed by atoms with van der Waals surface area (Å²) in [6.07, 6.45) is 3.22. The van der Waals surface area contributed by atoms with Crippen LogP contribution in [0.25, 0.3) is 10.9 Å². The molecule has 0 amide bonds. The van der Waals surface area contributed by atoms with Crippen LogP contribution in [0.4, 0.5) is 11.4 Å². The Labute approximate surface area is 263 Å². The number of hydrogen-bond acceptors (Lipinski definition) is 10. The Bertz CT molecular complexity index is 1440. The minimum absolute atomic E-state index is 0.0520. The number of carbonyl (C=O) groups is 1. The number of rotatable bonds is 18. The smallest absolute Gasteiger partial charge is 0.459 e. The van der Waals surface area contributed by atoms with E-state index in [2.05, 4.69) is 27.2 Å². The summed E-state index contributed by atoms with van der Waals surface area (Å²) in [5, 5.41) is 18.9. The molecule has 3 rings (SSSR count). The van der Waals surface area contributed by atoms with E-state index in [1.807, 2.05) is 31.2 Å². The van der Waals surface area contributed by atoms with Crippen LogP contribution in [0, 0.1) is 10.1 Å². The standard InChI is InChI=1S/C30H41ClN5O7P/c1-6-35(17-7-8-22(4)33-28-15-16-32-29-20-24(31)9-14-27(28)29)18-19-41-44(40,34-23(5)30(37)42-21(2)3)43-26-12-10-25(11-13-26)36(38)39/h9-16,20-23H,6-8,17-19H2,1-5H3,(H,32,33)(H,34,40)/t22-,23+,44+/m1/s1. The Morgan fingerprint density at radius 1 is 1.11 bits per heavy atom. The number of pyridine rings is 1. The van der Waals surface area contributed by atoms with Crippen molar-refractivity contribution in [3.8, 4) is 5.75 Å². The molecule has 14 heteroatoms. The Hall–Kier alpha value is -3.28. The summed E-state index contributed by atoms with van der Waals surface area (Å²) in [7, 11) is -4.07. The van der Waals surface area contributed by atoms with E-state index in [1.54, 1.807) is 20.0 Å². The maximum absolute atomic E-state index is 13.7. The van der Waals surface area contributed by atoms with Crippen molar-refractivity contribution in [2.75, 3.05) is 31.6 Å². The van der Waals surface area contributed by atoms with Crippen molar-refractivity contribution in [2.45, 2.75) is 65.6 Å². The number of hydrogen-bond donors (Lipinski definition) is 2. The number of likely N-dealkylation sites (N-methyl/N-ethyl adjacent to an activating group) is 1. The quantitative estimate of drug-likeness (QED) is 0.0647. The second-order valence-electron chi connectivity index (χ2n) is 10.7. The number of ether oxygens (including phenoxy) is 1. The number of halogens is 1. The molecule has 240 valence electrons. The SMILES string of the molecule is CCN(CCC[C@@H](C)Nc1ccnc2cc(Cl)ccc12)CCO[P@@](=O)(N[C@@H](C)C(=O)OC(C)C)Oc1ccc([N+](=O)[O-])cc1. The first-order chi connectivity index (χ1) is 20.9. The van der Waals surface area contributed by atoms with Gasteiger partial charge in [-0.25, -0.2) is 4.57 Å². The van der Waals surface area contributed by atoms with Crippen molar-refractivity contribution in [1.29, 1.82) is 0 Å². The molecule has 0 unspecified atom stereocenters. The number of fused-ring (bicyclic) bond motifs is 1. The molecule has 1 aromatic heterocycles. The summed E-state index contributed by atoms with van der Waals surface area (Å²) in [5.74, 6) is -0.521. The highest BCUT2D eigenvalue weighted by molar-refractivity contribution is 7.52. The van der Waals surface area contributed by atoms with Crippen molar-refractivity contribution in [2.24, 2.45) is 0 Å². The number of carbonyl (C=O) groups excluding carboxylic acids is 1. The number of non-ortho nitro benzene ring substituents is 1. The van der Waals surface area contributed by atoms with Gasteiger partial charge in [-0.15, -0.1) is 0 Å². The second kappa shape index (κ2) is 16.7. The summed E-state index contributed by atoms with van der Waals surface area (Å²) >= 11 is 6.11. The minimum Gasteiger partial charge on any atom is -0.462 e. The Morgan fingerprint density at radius 3 is 2.50 bits per heavy atom. The van der Waals surface area contributed by atoms with Crippen LogP contribution in [0.5, 0.6) is 5.75 Å². The topological polar surface area (TPSA) is 145 Å². The molecule has 0 spiro atoms. The van der Waals surface area contributed by atoms with Crippen LogP contribution < -0.4 is 14.9 Å². The van der Waals surface area contributed by atoms with Crippen LogP contribution in [0.2, 0.25) is 5.02 Å². The maximum atomic E-state index is 13.7. The Kier molecular flexibility index (Phi) is 13.4. The monoisotopic (exact) mass is 649 g/mol. The van der Waals surface area contributed by atoms with E-state index < -0.39 is 24.7 Å². The zero-order chi connectivity index (χ0) is 32.3. The zero-order valence-electron chi connectivity index (χ0n) is 25.7. The average molecular weight is 650 g/mol. The van der Waals surface area contributed by atoms with Gasteiger partial charge in [0.25, 0.3) is 5.69 Å². The summed E-state index contributed by atoms with van der Waals surface area (Å²) in [4.78, 5) is 29.4. The molecule has 2 N–H and O–H groups in total. The van der Waals surface area contributed by atoms with Gasteiger partial charge in [-0.2, -0.15) is 5.09 Å². The first kappa shape index (κ1) is 35.2. The first-order valence-corrected chi connectivity index (χ1v) is 16.5. The third-order valence-electron chi connectivity index (χ3n) is 6.66. The number of esters is 1. The van der Waals surface area contributed by atoms with Gasteiger partial charge < -0.3 is 19.5 Å². The van der Waals surface area contributed by atoms with Gasteiger partial charge in [-0.3, -0.25) is 24.4 Å². The number of nitrogens with one attached hydrogen (secondary N) is 2. The highest BCUT2D eigenvalue weighted by Crippen LogP contribution is 2.45. The average Bonchev–Trinajstić information content (AvgIpc) is 2.96. The molecule has 2 aromatic carbocycles. The van der Waals surface area contributed by atoms with Gasteiger partial charge in [0.05, 0.1) is 23.2 Å². The van der Waals surface area contributed by atoms with Gasteiger partial charge in [-0.05, 0) is 90.0 Å². The van der Waals surface area contributed by atoms with Crippen molar-refractivity contribution in [1.82, 2.24) is 15.0 Å². The van der Waals surface area contributed by atoms with E-state index >= 15 is 0 Å². The number of nitrogens with zero attached hydrogens (tertiary/aromatic N) is 3. The van der Waals surface area contributed by atoms with Crippen LogP contribution in [0.1, 0.15) is 47.5 Å². The fourth-order valence-corrected chi connectivity index (χ4v) is 6.05. The molecule has 0 radical (unpaired) electrons. The van der Waals surface area contributed by atoms with Crippen LogP contribution in [0.15, 0.2) is 54.7 Å². The van der Waals surface area contributed by atoms with E-state index in [0.717, 1.165) is 42.5 Å².